The van der Waals surface area contributed by atoms with Crippen molar-refractivity contribution < 1.29 is 9.59 Å². The summed E-state index contributed by atoms with van der Waals surface area (Å²) in [6.45, 7) is 1.15. The van der Waals surface area contributed by atoms with Crippen molar-refractivity contribution in [3.8, 4) is 0 Å². The Morgan fingerprint density at radius 3 is 2.39 bits per heavy atom. The second kappa shape index (κ2) is 10.1. The summed E-state index contributed by atoms with van der Waals surface area (Å²) in [7, 11) is 0. The molecule has 0 unspecified atom stereocenters. The van der Waals surface area contributed by atoms with E-state index < -0.39 is 0 Å². The quantitative estimate of drug-likeness (QED) is 0.597. The van der Waals surface area contributed by atoms with Crippen molar-refractivity contribution in [1.82, 2.24) is 15.1 Å². The molecule has 1 aliphatic rings. The number of likely N-dealkylation sites (tertiary alicyclic amines) is 1. The van der Waals surface area contributed by atoms with Crippen LogP contribution in [-0.4, -0.2) is 40.0 Å². The average molecular weight is 433 g/mol. The van der Waals surface area contributed by atoms with E-state index in [0.29, 0.717) is 37.5 Å². The minimum atomic E-state index is -0.122. The van der Waals surface area contributed by atoms with Crippen molar-refractivity contribution in [2.75, 3.05) is 18.4 Å². The summed E-state index contributed by atoms with van der Waals surface area (Å²) in [5.74, 6) is -0.185. The Kier molecular flexibility index (Phi) is 6.84. The lowest BCUT2D eigenvalue weighted by Gasteiger charge is -2.30. The predicted molar refractivity (Wildman–Crippen MR) is 123 cm³/mol. The minimum Gasteiger partial charge on any atom is -0.339 e. The van der Waals surface area contributed by atoms with Crippen LogP contribution in [0, 0.1) is 5.92 Å². The van der Waals surface area contributed by atoms with E-state index in [1.165, 1.54) is 11.3 Å². The Morgan fingerprint density at radius 2 is 1.68 bits per heavy atom. The van der Waals surface area contributed by atoms with Crippen LogP contribution < -0.4 is 5.32 Å². The van der Waals surface area contributed by atoms with E-state index in [4.69, 9.17) is 0 Å². The molecule has 158 valence electrons. The van der Waals surface area contributed by atoms with Gasteiger partial charge >= 0.3 is 0 Å². The minimum absolute atomic E-state index is 0.0163. The van der Waals surface area contributed by atoms with Gasteiger partial charge in [0.1, 0.15) is 5.01 Å². The van der Waals surface area contributed by atoms with Crippen LogP contribution >= 0.6 is 11.3 Å². The summed E-state index contributed by atoms with van der Waals surface area (Å²) in [6.07, 6.45) is 5.42. The Morgan fingerprint density at radius 1 is 1.00 bits per heavy atom. The monoisotopic (exact) mass is 432 g/mol. The second-order valence-electron chi connectivity index (χ2n) is 7.50. The van der Waals surface area contributed by atoms with Gasteiger partial charge in [-0.2, -0.15) is 0 Å². The summed E-state index contributed by atoms with van der Waals surface area (Å²) in [4.78, 5) is 26.8. The van der Waals surface area contributed by atoms with Gasteiger partial charge in [0.15, 0.2) is 0 Å². The molecule has 1 aliphatic heterocycles. The molecule has 2 heterocycles. The summed E-state index contributed by atoms with van der Waals surface area (Å²) in [5.41, 5.74) is 2.16. The van der Waals surface area contributed by atoms with Gasteiger partial charge in [-0.1, -0.05) is 72.0 Å². The molecular weight excluding hydrogens is 408 g/mol. The van der Waals surface area contributed by atoms with E-state index in [-0.39, 0.29) is 17.7 Å². The van der Waals surface area contributed by atoms with Gasteiger partial charge in [-0.25, -0.2) is 0 Å². The van der Waals surface area contributed by atoms with Gasteiger partial charge in [-0.05, 0) is 30.0 Å². The average Bonchev–Trinajstić information content (AvgIpc) is 3.25. The van der Waals surface area contributed by atoms with Crippen molar-refractivity contribution in [3.63, 3.8) is 0 Å². The van der Waals surface area contributed by atoms with Crippen LogP contribution in [0.15, 0.2) is 66.7 Å². The van der Waals surface area contributed by atoms with Crippen LogP contribution in [0.1, 0.15) is 29.0 Å². The smallest absolute Gasteiger partial charge is 0.246 e. The van der Waals surface area contributed by atoms with Gasteiger partial charge in [0, 0.05) is 31.5 Å². The zero-order valence-corrected chi connectivity index (χ0v) is 17.9. The third kappa shape index (κ3) is 5.86. The zero-order chi connectivity index (χ0) is 21.5. The third-order valence-corrected chi connectivity index (χ3v) is 6.13. The van der Waals surface area contributed by atoms with Crippen LogP contribution in [-0.2, 0) is 16.0 Å². The lowest BCUT2D eigenvalue weighted by molar-refractivity contribution is -0.130. The highest BCUT2D eigenvalue weighted by Gasteiger charge is 2.27. The molecule has 0 aliphatic carbocycles. The first-order chi connectivity index (χ1) is 15.2. The normalized spacial score (nSPS) is 14.6. The summed E-state index contributed by atoms with van der Waals surface area (Å²) >= 11 is 1.40. The Bertz CT molecular complexity index is 1040. The van der Waals surface area contributed by atoms with Crippen LogP contribution in [0.2, 0.25) is 0 Å². The molecule has 3 aromatic rings. The number of benzene rings is 2. The maximum Gasteiger partial charge on any atom is 0.246 e. The van der Waals surface area contributed by atoms with Crippen LogP contribution in [0.3, 0.4) is 0 Å². The molecule has 1 N–H and O–H groups in total. The fourth-order valence-corrected chi connectivity index (χ4v) is 4.33. The predicted octanol–water partition coefficient (Wildman–Crippen LogP) is 4.02. The number of aromatic nitrogens is 2. The van der Waals surface area contributed by atoms with Gasteiger partial charge in [0.05, 0.1) is 0 Å². The van der Waals surface area contributed by atoms with Crippen molar-refractivity contribution in [2.24, 2.45) is 5.92 Å². The lowest BCUT2D eigenvalue weighted by atomic mass is 9.96. The number of carbonyl (C=O) groups excluding carboxylic acids is 2. The molecule has 0 spiro atoms. The standard InChI is InChI=1S/C24H24N4O2S/c29-22(12-11-18-7-3-1-4-8-18)28-15-13-20(14-16-28)23(30)25-24-27-26-21(31-24)17-19-9-5-2-6-10-19/h1-12,20H,13-17H2,(H,25,27,30)/b12-11+. The Labute approximate surface area is 185 Å². The molecule has 1 saturated heterocycles. The van der Waals surface area contributed by atoms with Crippen molar-refractivity contribution in [1.29, 1.82) is 0 Å². The molecular formula is C24H24N4O2S. The van der Waals surface area contributed by atoms with E-state index in [9.17, 15) is 9.59 Å². The number of hydrogen-bond acceptors (Lipinski definition) is 5. The van der Waals surface area contributed by atoms with Crippen LogP contribution in [0.4, 0.5) is 5.13 Å². The first-order valence-electron chi connectivity index (χ1n) is 10.4. The highest BCUT2D eigenvalue weighted by molar-refractivity contribution is 7.15. The van der Waals surface area contributed by atoms with E-state index in [2.05, 4.69) is 15.5 Å². The molecule has 7 heteroatoms. The van der Waals surface area contributed by atoms with E-state index in [0.717, 1.165) is 16.1 Å². The molecule has 0 bridgehead atoms. The maximum absolute atomic E-state index is 12.6. The summed E-state index contributed by atoms with van der Waals surface area (Å²) in [6, 6.07) is 19.8. The van der Waals surface area contributed by atoms with Crippen molar-refractivity contribution >= 4 is 34.4 Å². The maximum atomic E-state index is 12.6. The summed E-state index contributed by atoms with van der Waals surface area (Å²) < 4.78 is 0. The SMILES string of the molecule is O=C(Nc1nnc(Cc2ccccc2)s1)C1CCN(C(=O)/C=C/c2ccccc2)CC1. The number of nitrogens with zero attached hydrogens (tertiary/aromatic N) is 3. The van der Waals surface area contributed by atoms with Gasteiger partial charge in [0.25, 0.3) is 0 Å². The Balaban J connectivity index is 1.25. The van der Waals surface area contributed by atoms with Gasteiger partial charge in [-0.15, -0.1) is 10.2 Å². The largest absolute Gasteiger partial charge is 0.339 e. The van der Waals surface area contributed by atoms with E-state index in [1.54, 1.807) is 11.0 Å². The molecule has 4 rings (SSSR count). The number of carbonyl (C=O) groups is 2. The highest BCUT2D eigenvalue weighted by Crippen LogP contribution is 2.23. The number of rotatable bonds is 6. The second-order valence-corrected chi connectivity index (χ2v) is 8.56. The molecule has 2 aromatic carbocycles. The molecule has 1 fully saturated rings. The number of amides is 2. The van der Waals surface area contributed by atoms with Gasteiger partial charge in [0.2, 0.25) is 16.9 Å². The fourth-order valence-electron chi connectivity index (χ4n) is 3.55. The first kappa shape index (κ1) is 20.9. The molecule has 1 aromatic heterocycles. The molecule has 0 saturated carbocycles. The molecule has 0 radical (unpaired) electrons. The number of anilines is 1. The van der Waals surface area contributed by atoms with Crippen LogP contribution in [0.5, 0.6) is 0 Å². The molecule has 2 amide bonds. The fraction of sp³-hybridized carbons (Fsp3) is 0.250. The van der Waals surface area contributed by atoms with Crippen molar-refractivity contribution in [3.05, 3.63) is 82.9 Å². The third-order valence-electron chi connectivity index (χ3n) is 5.29. The molecule has 0 atom stereocenters. The first-order valence-corrected chi connectivity index (χ1v) is 11.2. The zero-order valence-electron chi connectivity index (χ0n) is 17.1. The van der Waals surface area contributed by atoms with Gasteiger partial charge in [-0.3, -0.25) is 9.59 Å². The van der Waals surface area contributed by atoms with Crippen LogP contribution in [0.25, 0.3) is 6.08 Å². The topological polar surface area (TPSA) is 75.2 Å². The summed E-state index contributed by atoms with van der Waals surface area (Å²) in [5, 5.41) is 12.6. The number of hydrogen-bond donors (Lipinski definition) is 1. The van der Waals surface area contributed by atoms with E-state index >= 15 is 0 Å². The molecule has 6 nitrogen and oxygen atoms in total. The highest BCUT2D eigenvalue weighted by atomic mass is 32.1. The number of nitrogens with one attached hydrogen (secondary N) is 1. The van der Waals surface area contributed by atoms with Crippen molar-refractivity contribution in [2.45, 2.75) is 19.3 Å². The molecule has 31 heavy (non-hydrogen) atoms. The number of piperidine rings is 1. The van der Waals surface area contributed by atoms with Gasteiger partial charge < -0.3 is 10.2 Å². The Hall–Kier alpha value is -3.32. The lowest BCUT2D eigenvalue weighted by Crippen LogP contribution is -2.40. The van der Waals surface area contributed by atoms with E-state index in [1.807, 2.05) is 66.7 Å².